The quantitative estimate of drug-likeness (QED) is 0.873. The van der Waals surface area contributed by atoms with Gasteiger partial charge < -0.3 is 14.8 Å². The van der Waals surface area contributed by atoms with E-state index in [1.54, 1.807) is 19.1 Å². The number of hydrogen-bond donors (Lipinski definition) is 2. The molecule has 1 heterocycles. The Labute approximate surface area is 105 Å². The van der Waals surface area contributed by atoms with Crippen LogP contribution in [0.25, 0.3) is 10.9 Å². The lowest BCUT2D eigenvalue weighted by Crippen LogP contribution is -2.11. The number of nitrogens with zero attached hydrogens (tertiary/aromatic N) is 1. The van der Waals surface area contributed by atoms with Crippen LogP contribution < -0.4 is 0 Å². The topological polar surface area (TPSA) is 62.5 Å². The van der Waals surface area contributed by atoms with Gasteiger partial charge in [-0.25, -0.2) is 0 Å². The first-order valence-electron chi connectivity index (χ1n) is 6.07. The minimum absolute atomic E-state index is 0.239. The molecule has 1 aromatic heterocycles. The van der Waals surface area contributed by atoms with Crippen molar-refractivity contribution in [1.82, 2.24) is 4.57 Å². The van der Waals surface area contributed by atoms with Crippen LogP contribution in [0.1, 0.15) is 19.4 Å². The first-order chi connectivity index (χ1) is 8.54. The molecule has 96 valence electrons. The van der Waals surface area contributed by atoms with Crippen LogP contribution in [-0.2, 0) is 17.8 Å². The van der Waals surface area contributed by atoms with E-state index in [1.807, 2.05) is 23.8 Å². The zero-order chi connectivity index (χ0) is 13.3. The number of benzene rings is 1. The molecule has 0 saturated heterocycles. The molecule has 4 heteroatoms. The molecule has 0 radical (unpaired) electrons. The number of aliphatic carboxylic acids is 1. The highest BCUT2D eigenvalue weighted by molar-refractivity contribution is 5.89. The van der Waals surface area contributed by atoms with E-state index in [-0.39, 0.29) is 5.75 Å². The lowest BCUT2D eigenvalue weighted by atomic mass is 10.0. The lowest BCUT2D eigenvalue weighted by Gasteiger charge is -2.04. The number of carboxylic acid groups (broad SMARTS) is 1. The van der Waals surface area contributed by atoms with Gasteiger partial charge in [0.05, 0.1) is 11.4 Å². The van der Waals surface area contributed by atoms with Crippen LogP contribution in [-0.4, -0.2) is 20.7 Å². The average molecular weight is 247 g/mol. The summed E-state index contributed by atoms with van der Waals surface area (Å²) in [7, 11) is 0. The van der Waals surface area contributed by atoms with Crippen LogP contribution in [0.15, 0.2) is 24.4 Å². The Balaban J connectivity index is 2.52. The minimum Gasteiger partial charge on any atom is -0.506 e. The van der Waals surface area contributed by atoms with Crippen molar-refractivity contribution < 1.29 is 15.0 Å². The fourth-order valence-electron chi connectivity index (χ4n) is 2.24. The van der Waals surface area contributed by atoms with E-state index < -0.39 is 11.9 Å². The Hall–Kier alpha value is -1.97. The van der Waals surface area contributed by atoms with E-state index in [1.165, 1.54) is 0 Å². The minimum atomic E-state index is -0.799. The zero-order valence-electron chi connectivity index (χ0n) is 10.6. The van der Waals surface area contributed by atoms with E-state index in [0.717, 1.165) is 23.0 Å². The molecule has 4 nitrogen and oxygen atoms in total. The number of rotatable bonds is 4. The summed E-state index contributed by atoms with van der Waals surface area (Å²) < 4.78 is 1.95. The predicted octanol–water partition coefficient (Wildman–Crippen LogP) is 2.63. The molecular weight excluding hydrogens is 230 g/mol. The largest absolute Gasteiger partial charge is 0.506 e. The van der Waals surface area contributed by atoms with Gasteiger partial charge in [-0.1, -0.05) is 19.1 Å². The fourth-order valence-corrected chi connectivity index (χ4v) is 2.24. The standard InChI is InChI=1S/C14H17NO3/c1-3-15-8-10(7-9(2)14(17)18)11-5-4-6-12(16)13(11)15/h4-6,8-9,16H,3,7H2,1-2H3,(H,17,18). The van der Waals surface area contributed by atoms with Crippen LogP contribution in [0.4, 0.5) is 0 Å². The van der Waals surface area contributed by atoms with E-state index in [0.29, 0.717) is 6.42 Å². The highest BCUT2D eigenvalue weighted by Gasteiger charge is 2.17. The molecule has 2 N–H and O–H groups in total. The number of hydrogen-bond acceptors (Lipinski definition) is 2. The SMILES string of the molecule is CCn1cc(CC(C)C(=O)O)c2cccc(O)c21. The second-order valence-electron chi connectivity index (χ2n) is 4.56. The monoisotopic (exact) mass is 247 g/mol. The van der Waals surface area contributed by atoms with Crippen molar-refractivity contribution in [2.75, 3.05) is 0 Å². The predicted molar refractivity (Wildman–Crippen MR) is 69.8 cm³/mol. The molecule has 0 aliphatic carbocycles. The molecule has 1 aromatic carbocycles. The number of aromatic hydroxyl groups is 1. The molecule has 2 aromatic rings. The molecule has 0 aliphatic rings. The van der Waals surface area contributed by atoms with Gasteiger partial charge in [-0.15, -0.1) is 0 Å². The Bertz CT molecular complexity index is 586. The van der Waals surface area contributed by atoms with Gasteiger partial charge in [0, 0.05) is 18.1 Å². The molecule has 1 atom stereocenters. The molecule has 18 heavy (non-hydrogen) atoms. The molecule has 0 saturated carbocycles. The summed E-state index contributed by atoms with van der Waals surface area (Å²) in [5, 5.41) is 19.8. The van der Waals surface area contributed by atoms with Gasteiger partial charge in [0.1, 0.15) is 5.75 Å². The van der Waals surface area contributed by atoms with E-state index in [2.05, 4.69) is 0 Å². The third kappa shape index (κ3) is 2.06. The maximum absolute atomic E-state index is 10.9. The first-order valence-corrected chi connectivity index (χ1v) is 6.07. The maximum Gasteiger partial charge on any atom is 0.306 e. The van der Waals surface area contributed by atoms with Crippen molar-refractivity contribution in [3.8, 4) is 5.75 Å². The van der Waals surface area contributed by atoms with Gasteiger partial charge in [0.25, 0.3) is 0 Å². The Kier molecular flexibility index (Phi) is 3.28. The van der Waals surface area contributed by atoms with E-state index >= 15 is 0 Å². The third-order valence-electron chi connectivity index (χ3n) is 3.25. The first kappa shape index (κ1) is 12.5. The Morgan fingerprint density at radius 1 is 1.44 bits per heavy atom. The smallest absolute Gasteiger partial charge is 0.306 e. The number of aromatic nitrogens is 1. The van der Waals surface area contributed by atoms with Gasteiger partial charge >= 0.3 is 5.97 Å². The summed E-state index contributed by atoms with van der Waals surface area (Å²) >= 11 is 0. The van der Waals surface area contributed by atoms with Crippen molar-refractivity contribution in [2.24, 2.45) is 5.92 Å². The van der Waals surface area contributed by atoms with Gasteiger partial charge in [-0.05, 0) is 25.0 Å². The molecule has 0 spiro atoms. The Morgan fingerprint density at radius 3 is 2.78 bits per heavy atom. The van der Waals surface area contributed by atoms with Crippen LogP contribution in [0.2, 0.25) is 0 Å². The highest BCUT2D eigenvalue weighted by Crippen LogP contribution is 2.30. The van der Waals surface area contributed by atoms with Crippen molar-refractivity contribution in [3.63, 3.8) is 0 Å². The van der Waals surface area contributed by atoms with Crippen molar-refractivity contribution in [3.05, 3.63) is 30.0 Å². The number of carboxylic acids is 1. The molecule has 0 bridgehead atoms. The van der Waals surface area contributed by atoms with Crippen LogP contribution in [0.3, 0.4) is 0 Å². The summed E-state index contributed by atoms with van der Waals surface area (Å²) in [6.07, 6.45) is 2.41. The van der Waals surface area contributed by atoms with Crippen molar-refractivity contribution >= 4 is 16.9 Å². The molecular formula is C14H17NO3. The Morgan fingerprint density at radius 2 is 2.17 bits per heavy atom. The van der Waals surface area contributed by atoms with E-state index in [9.17, 15) is 9.90 Å². The second-order valence-corrected chi connectivity index (χ2v) is 4.56. The average Bonchev–Trinajstić information content (AvgIpc) is 2.69. The molecule has 2 rings (SSSR count). The van der Waals surface area contributed by atoms with Gasteiger partial charge in [-0.2, -0.15) is 0 Å². The van der Waals surface area contributed by atoms with Crippen LogP contribution >= 0.6 is 0 Å². The molecule has 0 aliphatic heterocycles. The summed E-state index contributed by atoms with van der Waals surface area (Å²) in [6, 6.07) is 5.36. The maximum atomic E-state index is 10.9. The number of phenolic OH excluding ortho intramolecular Hbond substituents is 1. The second kappa shape index (κ2) is 4.72. The van der Waals surface area contributed by atoms with Crippen LogP contribution in [0.5, 0.6) is 5.75 Å². The molecule has 0 amide bonds. The lowest BCUT2D eigenvalue weighted by molar-refractivity contribution is -0.141. The van der Waals surface area contributed by atoms with Gasteiger partial charge in [0.2, 0.25) is 0 Å². The molecule has 1 unspecified atom stereocenters. The van der Waals surface area contributed by atoms with Gasteiger partial charge in [0.15, 0.2) is 0 Å². The highest BCUT2D eigenvalue weighted by atomic mass is 16.4. The summed E-state index contributed by atoms with van der Waals surface area (Å²) in [5.74, 6) is -0.987. The zero-order valence-corrected chi connectivity index (χ0v) is 10.6. The summed E-state index contributed by atoms with van der Waals surface area (Å²) in [4.78, 5) is 10.9. The third-order valence-corrected chi connectivity index (χ3v) is 3.25. The normalized spacial score (nSPS) is 12.8. The van der Waals surface area contributed by atoms with Gasteiger partial charge in [-0.3, -0.25) is 4.79 Å². The molecule has 0 fully saturated rings. The number of phenols is 1. The number of aryl methyl sites for hydroxylation is 1. The van der Waals surface area contributed by atoms with Crippen molar-refractivity contribution in [1.29, 1.82) is 0 Å². The number of para-hydroxylation sites is 1. The van der Waals surface area contributed by atoms with Crippen LogP contribution in [0, 0.1) is 5.92 Å². The summed E-state index contributed by atoms with van der Waals surface area (Å²) in [5.41, 5.74) is 1.75. The fraction of sp³-hybridized carbons (Fsp3) is 0.357. The van der Waals surface area contributed by atoms with Crippen molar-refractivity contribution in [2.45, 2.75) is 26.8 Å². The number of carbonyl (C=O) groups is 1. The summed E-state index contributed by atoms with van der Waals surface area (Å²) in [6.45, 7) is 4.44. The number of fused-ring (bicyclic) bond motifs is 1. The van der Waals surface area contributed by atoms with E-state index in [4.69, 9.17) is 5.11 Å².